The summed E-state index contributed by atoms with van der Waals surface area (Å²) in [5.41, 5.74) is 3.82. The van der Waals surface area contributed by atoms with Crippen LogP contribution in [0.1, 0.15) is 22.8 Å². The van der Waals surface area contributed by atoms with E-state index in [2.05, 4.69) is 0 Å². The van der Waals surface area contributed by atoms with E-state index in [-0.39, 0.29) is 16.3 Å². The zero-order chi connectivity index (χ0) is 11.8. The highest BCUT2D eigenvalue weighted by Crippen LogP contribution is 2.35. The average molecular weight is 238 g/mol. The Morgan fingerprint density at radius 2 is 1.93 bits per heavy atom. The number of anilines is 1. The molecule has 0 radical (unpaired) electrons. The van der Waals surface area contributed by atoms with Crippen LogP contribution in [0.2, 0.25) is 5.02 Å². The Morgan fingerprint density at radius 3 is 2.33 bits per heavy atom. The maximum atomic E-state index is 12.3. The van der Waals surface area contributed by atoms with Gasteiger partial charge in [0.05, 0.1) is 16.3 Å². The van der Waals surface area contributed by atoms with Crippen molar-refractivity contribution in [2.24, 2.45) is 0 Å². The quantitative estimate of drug-likeness (QED) is 0.602. The summed E-state index contributed by atoms with van der Waals surface area (Å²) in [5.74, 6) is -0.558. The first-order valence-corrected chi connectivity index (χ1v) is 4.28. The van der Waals surface area contributed by atoms with E-state index in [9.17, 15) is 18.0 Å². The monoisotopic (exact) mass is 237 g/mol. The molecule has 0 atom stereocenters. The summed E-state index contributed by atoms with van der Waals surface area (Å²) in [4.78, 5) is 11.0. The van der Waals surface area contributed by atoms with Crippen molar-refractivity contribution in [3.05, 3.63) is 28.3 Å². The lowest BCUT2D eigenvalue weighted by Gasteiger charge is -2.10. The first-order valence-electron chi connectivity index (χ1n) is 3.90. The topological polar surface area (TPSA) is 43.1 Å². The molecule has 1 aromatic rings. The fourth-order valence-electron chi connectivity index (χ4n) is 1.07. The molecule has 0 aliphatic rings. The maximum Gasteiger partial charge on any atom is 0.416 e. The number of hydrogen-bond donors (Lipinski definition) is 1. The van der Waals surface area contributed by atoms with Gasteiger partial charge in [0.1, 0.15) is 0 Å². The summed E-state index contributed by atoms with van der Waals surface area (Å²) in [6, 6.07) is 1.40. The number of nitrogen functional groups attached to an aromatic ring is 1. The number of rotatable bonds is 1. The fraction of sp³-hybridized carbons (Fsp3) is 0.222. The molecular weight excluding hydrogens is 231 g/mol. The molecule has 2 nitrogen and oxygen atoms in total. The second-order valence-electron chi connectivity index (χ2n) is 2.98. The van der Waals surface area contributed by atoms with E-state index >= 15 is 0 Å². The highest BCUT2D eigenvalue weighted by molar-refractivity contribution is 6.36. The van der Waals surface area contributed by atoms with Gasteiger partial charge in [0.25, 0.3) is 0 Å². The second kappa shape index (κ2) is 3.73. The van der Waals surface area contributed by atoms with E-state index < -0.39 is 17.5 Å². The van der Waals surface area contributed by atoms with Crippen LogP contribution in [0.4, 0.5) is 18.9 Å². The van der Waals surface area contributed by atoms with E-state index in [1.165, 1.54) is 0 Å². The van der Waals surface area contributed by atoms with Crippen LogP contribution in [0.25, 0.3) is 0 Å². The molecule has 1 aromatic carbocycles. The van der Waals surface area contributed by atoms with Crippen molar-refractivity contribution in [2.75, 3.05) is 5.73 Å². The van der Waals surface area contributed by atoms with Crippen LogP contribution >= 0.6 is 11.6 Å². The molecule has 0 aromatic heterocycles. The highest BCUT2D eigenvalue weighted by atomic mass is 35.5. The molecule has 82 valence electrons. The number of halogens is 4. The summed E-state index contributed by atoms with van der Waals surface area (Å²) in [7, 11) is 0. The Balaban J connectivity index is 3.43. The molecule has 1 rings (SSSR count). The van der Waals surface area contributed by atoms with Crippen LogP contribution in [0, 0.1) is 0 Å². The molecule has 0 bridgehead atoms. The summed E-state index contributed by atoms with van der Waals surface area (Å²) >= 11 is 5.60. The van der Waals surface area contributed by atoms with E-state index in [4.69, 9.17) is 17.3 Å². The highest BCUT2D eigenvalue weighted by Gasteiger charge is 2.32. The van der Waals surface area contributed by atoms with E-state index in [1.807, 2.05) is 0 Å². The third-order valence-corrected chi connectivity index (χ3v) is 2.23. The van der Waals surface area contributed by atoms with Crippen LogP contribution in [0.3, 0.4) is 0 Å². The van der Waals surface area contributed by atoms with Gasteiger partial charge in [-0.25, -0.2) is 0 Å². The molecule has 15 heavy (non-hydrogen) atoms. The van der Waals surface area contributed by atoms with E-state index in [0.717, 1.165) is 6.92 Å². The smallest absolute Gasteiger partial charge is 0.397 e. The predicted molar refractivity (Wildman–Crippen MR) is 50.9 cm³/mol. The van der Waals surface area contributed by atoms with Crippen LogP contribution < -0.4 is 5.73 Å². The minimum absolute atomic E-state index is 0.143. The lowest BCUT2D eigenvalue weighted by atomic mass is 10.1. The largest absolute Gasteiger partial charge is 0.416 e. The molecular formula is C9H7ClF3NO. The Morgan fingerprint density at radius 1 is 1.40 bits per heavy atom. The Kier molecular flexibility index (Phi) is 2.95. The Bertz CT molecular complexity index is 415. The minimum atomic E-state index is -4.54. The van der Waals surface area contributed by atoms with Crippen molar-refractivity contribution >= 4 is 23.1 Å². The molecule has 2 N–H and O–H groups in total. The third-order valence-electron chi connectivity index (χ3n) is 1.81. The van der Waals surface area contributed by atoms with E-state index in [0.29, 0.717) is 12.1 Å². The molecule has 0 heterocycles. The lowest BCUT2D eigenvalue weighted by Crippen LogP contribution is -2.08. The Hall–Kier alpha value is -1.23. The molecule has 0 amide bonds. The number of ketones is 1. The van der Waals surface area contributed by atoms with Crippen LogP contribution in [0.5, 0.6) is 0 Å². The van der Waals surface area contributed by atoms with Gasteiger partial charge in [-0.1, -0.05) is 11.6 Å². The zero-order valence-corrected chi connectivity index (χ0v) is 8.41. The summed E-state index contributed by atoms with van der Waals surface area (Å²) < 4.78 is 37.0. The number of Topliss-reactive ketones (excluding diaryl/α,β-unsaturated/α-hetero) is 1. The number of alkyl halides is 3. The summed E-state index contributed by atoms with van der Waals surface area (Å²) in [5, 5.41) is -0.143. The van der Waals surface area contributed by atoms with Crippen molar-refractivity contribution in [3.63, 3.8) is 0 Å². The number of hydrogen-bond acceptors (Lipinski definition) is 2. The van der Waals surface area contributed by atoms with Gasteiger partial charge in [-0.05, 0) is 19.1 Å². The van der Waals surface area contributed by atoms with Gasteiger partial charge < -0.3 is 5.73 Å². The average Bonchev–Trinajstić information content (AvgIpc) is 2.06. The lowest BCUT2D eigenvalue weighted by molar-refractivity contribution is -0.137. The number of carbonyl (C=O) groups is 1. The number of benzene rings is 1. The van der Waals surface area contributed by atoms with Crippen LogP contribution in [0.15, 0.2) is 12.1 Å². The standard InChI is InChI=1S/C9H7ClF3NO/c1-4(15)6-2-5(9(11,12)13)3-7(14)8(6)10/h2-3H,14H2,1H3. The van der Waals surface area contributed by atoms with Gasteiger partial charge in [0, 0.05) is 5.56 Å². The fourth-order valence-corrected chi connectivity index (χ4v) is 1.31. The normalized spacial score (nSPS) is 11.5. The first-order chi connectivity index (χ1) is 6.73. The van der Waals surface area contributed by atoms with Gasteiger partial charge in [-0.2, -0.15) is 13.2 Å². The first kappa shape index (κ1) is 11.8. The van der Waals surface area contributed by atoms with E-state index in [1.54, 1.807) is 0 Å². The number of carbonyl (C=O) groups excluding carboxylic acids is 1. The molecule has 0 saturated heterocycles. The summed E-state index contributed by atoms with van der Waals surface area (Å²) in [6.45, 7) is 1.13. The van der Waals surface area contributed by atoms with Gasteiger partial charge in [0.15, 0.2) is 5.78 Å². The number of nitrogens with two attached hydrogens (primary N) is 1. The van der Waals surface area contributed by atoms with Crippen molar-refractivity contribution in [1.29, 1.82) is 0 Å². The Labute approximate surface area is 88.8 Å². The SMILES string of the molecule is CC(=O)c1cc(C(F)(F)F)cc(N)c1Cl. The third kappa shape index (κ3) is 2.41. The van der Waals surface area contributed by atoms with Crippen molar-refractivity contribution < 1.29 is 18.0 Å². The van der Waals surface area contributed by atoms with Gasteiger partial charge in [0.2, 0.25) is 0 Å². The van der Waals surface area contributed by atoms with Crippen LogP contribution in [-0.2, 0) is 6.18 Å². The molecule has 0 unspecified atom stereocenters. The van der Waals surface area contributed by atoms with Crippen molar-refractivity contribution in [2.45, 2.75) is 13.1 Å². The van der Waals surface area contributed by atoms with Gasteiger partial charge in [-0.15, -0.1) is 0 Å². The molecule has 0 saturated carbocycles. The van der Waals surface area contributed by atoms with Crippen molar-refractivity contribution in [1.82, 2.24) is 0 Å². The molecule has 6 heteroatoms. The van der Waals surface area contributed by atoms with Crippen molar-refractivity contribution in [3.8, 4) is 0 Å². The molecule has 0 aliphatic carbocycles. The molecule has 0 fully saturated rings. The summed E-state index contributed by atoms with van der Waals surface area (Å²) in [6.07, 6.45) is -4.54. The van der Waals surface area contributed by atoms with Gasteiger partial charge in [-0.3, -0.25) is 4.79 Å². The second-order valence-corrected chi connectivity index (χ2v) is 3.36. The van der Waals surface area contributed by atoms with Crippen LogP contribution in [-0.4, -0.2) is 5.78 Å². The molecule has 0 spiro atoms. The zero-order valence-electron chi connectivity index (χ0n) is 7.65. The van der Waals surface area contributed by atoms with Gasteiger partial charge >= 0.3 is 6.18 Å². The molecule has 0 aliphatic heterocycles. The minimum Gasteiger partial charge on any atom is -0.397 e. The predicted octanol–water partition coefficient (Wildman–Crippen LogP) is 3.14. The maximum absolute atomic E-state index is 12.3.